The third-order valence-electron chi connectivity index (χ3n) is 5.33. The van der Waals surface area contributed by atoms with Crippen molar-refractivity contribution in [2.45, 2.75) is 13.3 Å². The van der Waals surface area contributed by atoms with Crippen molar-refractivity contribution in [2.24, 2.45) is 5.92 Å². The molecule has 1 atom stereocenters. The Morgan fingerprint density at radius 1 is 1.07 bits per heavy atom. The largest absolute Gasteiger partial charge is 0.356 e. The molecule has 5 nitrogen and oxygen atoms in total. The quantitative estimate of drug-likeness (QED) is 0.465. The van der Waals surface area contributed by atoms with E-state index >= 15 is 0 Å². The van der Waals surface area contributed by atoms with E-state index in [1.54, 1.807) is 6.33 Å². The lowest BCUT2D eigenvalue weighted by molar-refractivity contribution is 0.460. The van der Waals surface area contributed by atoms with Crippen LogP contribution >= 0.6 is 11.6 Å². The molecular formula is C22H19ClN4O. The Labute approximate surface area is 168 Å². The van der Waals surface area contributed by atoms with Crippen LogP contribution in [0.15, 0.2) is 59.5 Å². The van der Waals surface area contributed by atoms with E-state index in [9.17, 15) is 0 Å². The molecule has 4 aromatic rings. The zero-order valence-electron chi connectivity index (χ0n) is 15.5. The minimum atomic E-state index is 0.651. The van der Waals surface area contributed by atoms with Gasteiger partial charge in [-0.3, -0.25) is 0 Å². The van der Waals surface area contributed by atoms with E-state index in [4.69, 9.17) is 16.1 Å². The summed E-state index contributed by atoms with van der Waals surface area (Å²) < 4.78 is 5.80. The Morgan fingerprint density at radius 2 is 1.93 bits per heavy atom. The van der Waals surface area contributed by atoms with E-state index in [1.165, 1.54) is 6.42 Å². The summed E-state index contributed by atoms with van der Waals surface area (Å²) in [7, 11) is 0. The number of rotatable bonds is 3. The van der Waals surface area contributed by atoms with Crippen molar-refractivity contribution in [3.05, 3.63) is 60.0 Å². The zero-order chi connectivity index (χ0) is 19.1. The number of fused-ring (bicyclic) bond motifs is 1. The van der Waals surface area contributed by atoms with Gasteiger partial charge in [-0.1, -0.05) is 54.0 Å². The van der Waals surface area contributed by atoms with Crippen molar-refractivity contribution in [1.29, 1.82) is 0 Å². The summed E-state index contributed by atoms with van der Waals surface area (Å²) in [6.45, 7) is 4.28. The summed E-state index contributed by atoms with van der Waals surface area (Å²) in [6.07, 6.45) is 4.64. The smallest absolute Gasteiger partial charge is 0.175 e. The van der Waals surface area contributed by atoms with E-state index in [0.717, 1.165) is 52.3 Å². The maximum atomic E-state index is 6.39. The summed E-state index contributed by atoms with van der Waals surface area (Å²) in [4.78, 5) is 11.2. The molecule has 6 heteroatoms. The number of para-hydroxylation sites is 1. The molecule has 1 saturated heterocycles. The molecule has 1 aliphatic rings. The molecular weight excluding hydrogens is 372 g/mol. The zero-order valence-corrected chi connectivity index (χ0v) is 16.2. The lowest BCUT2D eigenvalue weighted by Crippen LogP contribution is -2.21. The Bertz CT molecular complexity index is 1160. The first-order valence-electron chi connectivity index (χ1n) is 9.41. The third-order valence-corrected chi connectivity index (χ3v) is 5.66. The fourth-order valence-corrected chi connectivity index (χ4v) is 4.14. The fourth-order valence-electron chi connectivity index (χ4n) is 3.91. The number of hydrogen-bond donors (Lipinski definition) is 0. The monoisotopic (exact) mass is 390 g/mol. The van der Waals surface area contributed by atoms with Crippen LogP contribution in [0.3, 0.4) is 0 Å². The van der Waals surface area contributed by atoms with Gasteiger partial charge in [0.1, 0.15) is 17.8 Å². The summed E-state index contributed by atoms with van der Waals surface area (Å²) >= 11 is 6.39. The number of anilines is 1. The molecule has 0 bridgehead atoms. The number of hydrogen-bond acceptors (Lipinski definition) is 5. The average Bonchev–Trinajstić information content (AvgIpc) is 3.35. The van der Waals surface area contributed by atoms with Crippen LogP contribution in [0.2, 0.25) is 5.02 Å². The van der Waals surface area contributed by atoms with E-state index in [1.807, 2.05) is 48.7 Å². The highest BCUT2D eigenvalue weighted by molar-refractivity contribution is 6.33. The first-order valence-corrected chi connectivity index (χ1v) is 9.79. The topological polar surface area (TPSA) is 55.1 Å². The van der Waals surface area contributed by atoms with Gasteiger partial charge in [0, 0.05) is 36.0 Å². The summed E-state index contributed by atoms with van der Waals surface area (Å²) in [5, 5.41) is 5.91. The highest BCUT2D eigenvalue weighted by atomic mass is 35.5. The van der Waals surface area contributed by atoms with Crippen LogP contribution in [-0.4, -0.2) is 28.2 Å². The van der Waals surface area contributed by atoms with Gasteiger partial charge in [-0.05, 0) is 24.5 Å². The maximum absolute atomic E-state index is 6.39. The highest BCUT2D eigenvalue weighted by Crippen LogP contribution is 2.39. The molecule has 0 amide bonds. The number of halogens is 1. The molecule has 3 heterocycles. The van der Waals surface area contributed by atoms with Gasteiger partial charge in [0.2, 0.25) is 0 Å². The average molecular weight is 391 g/mol. The molecule has 28 heavy (non-hydrogen) atoms. The van der Waals surface area contributed by atoms with E-state index in [-0.39, 0.29) is 0 Å². The molecule has 0 N–H and O–H groups in total. The van der Waals surface area contributed by atoms with Crippen molar-refractivity contribution in [1.82, 2.24) is 15.1 Å². The van der Waals surface area contributed by atoms with Gasteiger partial charge >= 0.3 is 0 Å². The minimum Gasteiger partial charge on any atom is -0.356 e. The Morgan fingerprint density at radius 3 is 2.75 bits per heavy atom. The molecule has 1 aliphatic heterocycles. The van der Waals surface area contributed by atoms with Crippen molar-refractivity contribution in [2.75, 3.05) is 18.0 Å². The van der Waals surface area contributed by atoms with Crippen LogP contribution in [-0.2, 0) is 0 Å². The van der Waals surface area contributed by atoms with Crippen molar-refractivity contribution >= 4 is 28.4 Å². The molecule has 2 aromatic carbocycles. The molecule has 5 rings (SSSR count). The Kier molecular flexibility index (Phi) is 4.24. The van der Waals surface area contributed by atoms with Crippen LogP contribution in [0.4, 0.5) is 5.82 Å². The molecule has 1 fully saturated rings. The molecule has 0 radical (unpaired) electrons. The second kappa shape index (κ2) is 6.91. The molecule has 2 aromatic heterocycles. The van der Waals surface area contributed by atoms with Gasteiger partial charge < -0.3 is 9.42 Å². The normalized spacial score (nSPS) is 16.8. The number of aromatic nitrogens is 3. The number of nitrogens with zero attached hydrogens (tertiary/aromatic N) is 4. The number of benzene rings is 2. The lowest BCUT2D eigenvalue weighted by Gasteiger charge is -2.20. The molecule has 0 spiro atoms. The molecule has 0 saturated carbocycles. The van der Waals surface area contributed by atoms with Crippen molar-refractivity contribution in [3.63, 3.8) is 0 Å². The molecule has 0 aliphatic carbocycles. The lowest BCUT2D eigenvalue weighted by atomic mass is 10.0. The Balaban J connectivity index is 1.67. The second-order valence-electron chi connectivity index (χ2n) is 7.29. The molecule has 0 unspecified atom stereocenters. The van der Waals surface area contributed by atoms with E-state index in [2.05, 4.69) is 26.9 Å². The van der Waals surface area contributed by atoms with Crippen LogP contribution in [0.1, 0.15) is 13.3 Å². The van der Waals surface area contributed by atoms with Crippen LogP contribution in [0.25, 0.3) is 33.4 Å². The predicted molar refractivity (Wildman–Crippen MR) is 111 cm³/mol. The van der Waals surface area contributed by atoms with Crippen LogP contribution in [0.5, 0.6) is 0 Å². The standard InChI is InChI=1S/C22H19ClN4O/c1-14-9-10-27(12-14)22-18(11-24-13-25-22)15-6-4-7-17-20(26-28-21(15)17)16-5-2-3-8-19(16)23/h2-8,11,13-14H,9-10,12H2,1H3/t14-/m1/s1. The summed E-state index contributed by atoms with van der Waals surface area (Å²) in [6, 6.07) is 13.7. The maximum Gasteiger partial charge on any atom is 0.175 e. The Hall–Kier alpha value is -2.92. The van der Waals surface area contributed by atoms with Gasteiger partial charge in [0.15, 0.2) is 5.58 Å². The van der Waals surface area contributed by atoms with Crippen molar-refractivity contribution < 1.29 is 4.52 Å². The van der Waals surface area contributed by atoms with E-state index in [0.29, 0.717) is 10.9 Å². The van der Waals surface area contributed by atoms with Gasteiger partial charge in [-0.2, -0.15) is 0 Å². The van der Waals surface area contributed by atoms with Gasteiger partial charge in [0.05, 0.1) is 10.4 Å². The first-order chi connectivity index (χ1) is 13.7. The summed E-state index contributed by atoms with van der Waals surface area (Å²) in [5.41, 5.74) is 4.23. The summed E-state index contributed by atoms with van der Waals surface area (Å²) in [5.74, 6) is 1.61. The second-order valence-corrected chi connectivity index (χ2v) is 7.70. The van der Waals surface area contributed by atoms with Crippen LogP contribution in [0, 0.1) is 5.92 Å². The SMILES string of the molecule is C[C@@H]1CCN(c2ncncc2-c2cccc3c(-c4ccccc4Cl)noc23)C1. The first kappa shape index (κ1) is 17.2. The highest BCUT2D eigenvalue weighted by Gasteiger charge is 2.24. The van der Waals surface area contributed by atoms with Crippen LogP contribution < -0.4 is 4.90 Å². The predicted octanol–water partition coefficient (Wildman–Crippen LogP) is 5.45. The van der Waals surface area contributed by atoms with Gasteiger partial charge in [-0.15, -0.1) is 0 Å². The minimum absolute atomic E-state index is 0.651. The van der Waals surface area contributed by atoms with Gasteiger partial charge in [0.25, 0.3) is 0 Å². The molecule has 140 valence electrons. The van der Waals surface area contributed by atoms with Gasteiger partial charge in [-0.25, -0.2) is 9.97 Å². The van der Waals surface area contributed by atoms with E-state index < -0.39 is 0 Å². The fraction of sp³-hybridized carbons (Fsp3) is 0.227. The van der Waals surface area contributed by atoms with Crippen molar-refractivity contribution in [3.8, 4) is 22.4 Å². The third kappa shape index (κ3) is 2.83.